The third kappa shape index (κ3) is 2.09. The summed E-state index contributed by atoms with van der Waals surface area (Å²) in [5, 5.41) is 7.94. The summed E-state index contributed by atoms with van der Waals surface area (Å²) in [7, 11) is 1.64. The maximum absolute atomic E-state index is 5.21. The summed E-state index contributed by atoms with van der Waals surface area (Å²) in [4.78, 5) is 0. The number of rotatable bonds is 3. The Morgan fingerprint density at radius 2 is 1.81 bits per heavy atom. The molecule has 1 aromatic heterocycles. The Morgan fingerprint density at radius 3 is 2.31 bits per heavy atom. The molecule has 0 bridgehead atoms. The first-order chi connectivity index (χ1) is 7.83. The van der Waals surface area contributed by atoms with E-state index in [1.165, 1.54) is 0 Å². The zero-order valence-corrected chi connectivity index (χ0v) is 8.84. The van der Waals surface area contributed by atoms with Gasteiger partial charge >= 0.3 is 0 Å². The van der Waals surface area contributed by atoms with Crippen LogP contribution >= 0.6 is 0 Å². The average Bonchev–Trinajstić information content (AvgIpc) is 2.39. The highest BCUT2D eigenvalue weighted by atomic mass is 16.5. The van der Waals surface area contributed by atoms with Crippen molar-refractivity contribution in [1.82, 2.24) is 10.2 Å². The third-order valence-corrected chi connectivity index (χ3v) is 2.20. The minimum Gasteiger partial charge on any atom is -0.497 e. The largest absolute Gasteiger partial charge is 0.497 e. The lowest BCUT2D eigenvalue weighted by molar-refractivity contribution is 0.415. The van der Waals surface area contributed by atoms with Crippen LogP contribution in [0.25, 0.3) is 11.3 Å². The van der Waals surface area contributed by atoms with Crippen LogP contribution in [0.2, 0.25) is 0 Å². The predicted molar refractivity (Wildman–Crippen MR) is 61.8 cm³/mol. The molecule has 2 aromatic rings. The Hall–Kier alpha value is -2.14. The van der Waals surface area contributed by atoms with Crippen LogP contribution in [0.4, 0.5) is 5.82 Å². The number of ether oxygens (including phenoxy) is 1. The minimum absolute atomic E-state index is 0.539. The first-order valence-electron chi connectivity index (χ1n) is 4.78. The molecule has 0 unspecified atom stereocenters. The highest BCUT2D eigenvalue weighted by Gasteiger charge is 2.00. The zero-order valence-electron chi connectivity index (χ0n) is 8.84. The highest BCUT2D eigenvalue weighted by molar-refractivity contribution is 5.60. The second-order valence-electron chi connectivity index (χ2n) is 3.18. The number of nitrogen functional groups attached to an aromatic ring is 1. The van der Waals surface area contributed by atoms with Crippen LogP contribution < -0.4 is 16.0 Å². The fraction of sp³-hybridized carbons (Fsp3) is 0.0909. The van der Waals surface area contributed by atoms with Crippen molar-refractivity contribution < 1.29 is 4.74 Å². The molecule has 82 valence electrons. The van der Waals surface area contributed by atoms with Crippen LogP contribution in [0, 0.1) is 0 Å². The number of hydrazine groups is 1. The second-order valence-corrected chi connectivity index (χ2v) is 3.18. The summed E-state index contributed by atoms with van der Waals surface area (Å²) in [6, 6.07) is 11.2. The number of methoxy groups -OCH3 is 1. The van der Waals surface area contributed by atoms with Gasteiger partial charge in [0.05, 0.1) is 12.8 Å². The molecule has 16 heavy (non-hydrogen) atoms. The summed E-state index contributed by atoms with van der Waals surface area (Å²) < 4.78 is 5.08. The normalized spacial score (nSPS) is 9.88. The smallest absolute Gasteiger partial charge is 0.162 e. The molecule has 0 radical (unpaired) electrons. The number of hydrogen-bond acceptors (Lipinski definition) is 5. The number of hydrogen-bond donors (Lipinski definition) is 2. The van der Waals surface area contributed by atoms with Gasteiger partial charge in [0.1, 0.15) is 5.75 Å². The molecule has 1 heterocycles. The molecule has 3 N–H and O–H groups in total. The van der Waals surface area contributed by atoms with Crippen LogP contribution in [0.3, 0.4) is 0 Å². The zero-order chi connectivity index (χ0) is 11.4. The van der Waals surface area contributed by atoms with E-state index < -0.39 is 0 Å². The van der Waals surface area contributed by atoms with E-state index in [0.717, 1.165) is 17.0 Å². The van der Waals surface area contributed by atoms with Gasteiger partial charge in [-0.1, -0.05) is 0 Å². The van der Waals surface area contributed by atoms with Gasteiger partial charge in [-0.25, -0.2) is 5.84 Å². The molecule has 0 fully saturated rings. The highest BCUT2D eigenvalue weighted by Crippen LogP contribution is 2.20. The van der Waals surface area contributed by atoms with Crippen LogP contribution in [0.5, 0.6) is 5.75 Å². The van der Waals surface area contributed by atoms with E-state index in [-0.39, 0.29) is 0 Å². The van der Waals surface area contributed by atoms with Gasteiger partial charge in [0, 0.05) is 5.56 Å². The first-order valence-corrected chi connectivity index (χ1v) is 4.78. The Labute approximate surface area is 93.2 Å². The SMILES string of the molecule is COc1ccc(-c2ccc(NN)nn2)cc1. The van der Waals surface area contributed by atoms with Crippen LogP contribution in [-0.4, -0.2) is 17.3 Å². The Bertz CT molecular complexity index is 407. The van der Waals surface area contributed by atoms with Crippen molar-refractivity contribution in [3.05, 3.63) is 36.4 Å². The van der Waals surface area contributed by atoms with Crippen molar-refractivity contribution in [3.63, 3.8) is 0 Å². The van der Waals surface area contributed by atoms with Crippen LogP contribution in [0.1, 0.15) is 0 Å². The first kappa shape index (κ1) is 10.4. The summed E-state index contributed by atoms with van der Waals surface area (Å²) in [6.45, 7) is 0. The van der Waals surface area contributed by atoms with E-state index >= 15 is 0 Å². The van der Waals surface area contributed by atoms with E-state index in [0.29, 0.717) is 5.82 Å². The summed E-state index contributed by atoms with van der Waals surface area (Å²) in [6.07, 6.45) is 0. The van der Waals surface area contributed by atoms with Crippen molar-refractivity contribution in [2.45, 2.75) is 0 Å². The number of aromatic nitrogens is 2. The van der Waals surface area contributed by atoms with E-state index in [4.69, 9.17) is 10.6 Å². The molecule has 5 nitrogen and oxygen atoms in total. The average molecular weight is 216 g/mol. The maximum Gasteiger partial charge on any atom is 0.162 e. The number of nitrogens with zero attached hydrogens (tertiary/aromatic N) is 2. The molecule has 0 atom stereocenters. The molecule has 0 aliphatic rings. The van der Waals surface area contributed by atoms with Gasteiger partial charge in [0.15, 0.2) is 5.82 Å². The van der Waals surface area contributed by atoms with E-state index in [1.807, 2.05) is 30.3 Å². The number of nitrogens with two attached hydrogens (primary N) is 1. The number of anilines is 1. The second kappa shape index (κ2) is 4.59. The molecule has 0 aliphatic carbocycles. The predicted octanol–water partition coefficient (Wildman–Crippen LogP) is 1.44. The Kier molecular flexibility index (Phi) is 2.98. The van der Waals surface area contributed by atoms with Gasteiger partial charge in [-0.3, -0.25) is 0 Å². The number of nitrogens with one attached hydrogen (secondary N) is 1. The van der Waals surface area contributed by atoms with E-state index in [2.05, 4.69) is 15.6 Å². The Balaban J connectivity index is 2.28. The van der Waals surface area contributed by atoms with Gasteiger partial charge in [0.2, 0.25) is 0 Å². The van der Waals surface area contributed by atoms with Gasteiger partial charge in [-0.15, -0.1) is 10.2 Å². The fourth-order valence-electron chi connectivity index (χ4n) is 1.32. The summed E-state index contributed by atoms with van der Waals surface area (Å²) >= 11 is 0. The quantitative estimate of drug-likeness (QED) is 0.600. The monoisotopic (exact) mass is 216 g/mol. The molecule has 5 heteroatoms. The molecule has 0 aliphatic heterocycles. The van der Waals surface area contributed by atoms with Gasteiger partial charge in [-0.05, 0) is 36.4 Å². The lowest BCUT2D eigenvalue weighted by Crippen LogP contribution is -2.08. The van der Waals surface area contributed by atoms with E-state index in [1.54, 1.807) is 13.2 Å². The van der Waals surface area contributed by atoms with Crippen molar-refractivity contribution in [2.24, 2.45) is 5.84 Å². The van der Waals surface area contributed by atoms with Crippen LogP contribution in [0.15, 0.2) is 36.4 Å². The lowest BCUT2D eigenvalue weighted by Gasteiger charge is -2.03. The summed E-state index contributed by atoms with van der Waals surface area (Å²) in [5.41, 5.74) is 4.21. The topological polar surface area (TPSA) is 73.1 Å². The molecular weight excluding hydrogens is 204 g/mol. The third-order valence-electron chi connectivity index (χ3n) is 2.20. The molecule has 0 saturated carbocycles. The number of benzene rings is 1. The van der Waals surface area contributed by atoms with Crippen molar-refractivity contribution in [3.8, 4) is 17.0 Å². The van der Waals surface area contributed by atoms with Gasteiger partial charge in [0.25, 0.3) is 0 Å². The fourth-order valence-corrected chi connectivity index (χ4v) is 1.32. The summed E-state index contributed by atoms with van der Waals surface area (Å²) in [5.74, 6) is 6.56. The Morgan fingerprint density at radius 1 is 1.06 bits per heavy atom. The molecular formula is C11H12N4O. The molecule has 1 aromatic carbocycles. The van der Waals surface area contributed by atoms with E-state index in [9.17, 15) is 0 Å². The van der Waals surface area contributed by atoms with Crippen molar-refractivity contribution in [2.75, 3.05) is 12.5 Å². The minimum atomic E-state index is 0.539. The van der Waals surface area contributed by atoms with Crippen molar-refractivity contribution >= 4 is 5.82 Å². The standard InChI is InChI=1S/C11H12N4O/c1-16-9-4-2-8(3-5-9)10-6-7-11(13-12)15-14-10/h2-7H,12H2,1H3,(H,13,15). The van der Waals surface area contributed by atoms with Crippen LogP contribution in [-0.2, 0) is 0 Å². The lowest BCUT2D eigenvalue weighted by atomic mass is 10.1. The van der Waals surface area contributed by atoms with Crippen molar-refractivity contribution in [1.29, 1.82) is 0 Å². The molecule has 0 spiro atoms. The van der Waals surface area contributed by atoms with Gasteiger partial charge in [-0.2, -0.15) is 0 Å². The molecule has 0 saturated heterocycles. The molecule has 0 amide bonds. The maximum atomic E-state index is 5.21. The molecule has 2 rings (SSSR count). The van der Waals surface area contributed by atoms with Gasteiger partial charge < -0.3 is 10.2 Å².